The van der Waals surface area contributed by atoms with E-state index in [1.165, 1.54) is 17.0 Å². The highest BCUT2D eigenvalue weighted by molar-refractivity contribution is 7.23. The monoisotopic (exact) mass is 689 g/mol. The Labute approximate surface area is 285 Å². The van der Waals surface area contributed by atoms with E-state index in [2.05, 4.69) is 22.1 Å². The highest BCUT2D eigenvalue weighted by atomic mass is 35.5. The second-order valence-electron chi connectivity index (χ2n) is 12.7. The SMILES string of the molecule is C[C@@H](NCc1nc(N2CC(C)(N(C)C)C2)nc2c(F)c(-c3ccc(F)c4sc(N)c(C#N)c34)c(Cl)cc12)c1cc(C(=O)N(C)C)ccn1. The number of nitrogens with zero attached hydrogens (tertiary/aromatic N) is 7. The summed E-state index contributed by atoms with van der Waals surface area (Å²) in [6.07, 6.45) is 1.59. The minimum atomic E-state index is -0.718. The number of fused-ring (bicyclic) bond motifs is 2. The molecule has 0 radical (unpaired) electrons. The van der Waals surface area contributed by atoms with Gasteiger partial charge in [0.05, 0.1) is 32.2 Å². The summed E-state index contributed by atoms with van der Waals surface area (Å²) < 4.78 is 31.9. The quantitative estimate of drug-likeness (QED) is 0.202. The summed E-state index contributed by atoms with van der Waals surface area (Å²) in [6.45, 7) is 5.51. The van der Waals surface area contributed by atoms with E-state index in [0.29, 0.717) is 41.4 Å². The van der Waals surface area contributed by atoms with Crippen molar-refractivity contribution in [2.45, 2.75) is 32.0 Å². The molecule has 0 bridgehead atoms. The highest BCUT2D eigenvalue weighted by Crippen LogP contribution is 2.45. The van der Waals surface area contributed by atoms with Crippen molar-refractivity contribution in [2.24, 2.45) is 0 Å². The third-order valence-electron chi connectivity index (χ3n) is 9.03. The van der Waals surface area contributed by atoms with Crippen LogP contribution in [-0.2, 0) is 6.54 Å². The number of pyridine rings is 1. The topological polar surface area (TPSA) is 127 Å². The molecule has 0 spiro atoms. The van der Waals surface area contributed by atoms with E-state index in [9.17, 15) is 14.4 Å². The highest BCUT2D eigenvalue weighted by Gasteiger charge is 2.42. The number of rotatable bonds is 8. The van der Waals surface area contributed by atoms with Crippen LogP contribution in [0.5, 0.6) is 0 Å². The molecule has 6 rings (SSSR count). The summed E-state index contributed by atoms with van der Waals surface area (Å²) in [5.74, 6) is -1.06. The number of likely N-dealkylation sites (N-methyl/N-ethyl adjacent to an activating group) is 1. The molecule has 3 N–H and O–H groups in total. The van der Waals surface area contributed by atoms with Gasteiger partial charge in [0.15, 0.2) is 5.82 Å². The zero-order valence-corrected chi connectivity index (χ0v) is 28.9. The standard InChI is InChI=1S/C34H34ClF2N9OS/c1-17(24-11-18(9-10-40-24)32(47)44(3)4)41-14-25-20-12-22(35)27(19-7-8-23(36)30-26(19)21(13-38)31(39)48-30)28(37)29(20)43-33(42-25)46-15-34(2,16-46)45(5)6/h7-12,17,41H,14-16,39H2,1-6H3/t17-/m1/s1. The average molecular weight is 690 g/mol. The van der Waals surface area contributed by atoms with Crippen LogP contribution in [0.2, 0.25) is 5.02 Å². The van der Waals surface area contributed by atoms with Crippen LogP contribution in [0.1, 0.15) is 47.2 Å². The molecule has 1 amide bonds. The number of thiophene rings is 1. The molecule has 14 heteroatoms. The van der Waals surface area contributed by atoms with E-state index in [0.717, 1.165) is 11.3 Å². The molecule has 1 saturated heterocycles. The fourth-order valence-corrected chi connectivity index (χ4v) is 7.15. The molecule has 0 saturated carbocycles. The molecule has 3 aromatic heterocycles. The van der Waals surface area contributed by atoms with Crippen molar-refractivity contribution in [3.05, 3.63) is 75.7 Å². The first-order valence-electron chi connectivity index (χ1n) is 15.2. The zero-order valence-electron chi connectivity index (χ0n) is 27.3. The molecular weight excluding hydrogens is 656 g/mol. The number of nitrogens with two attached hydrogens (primary N) is 1. The van der Waals surface area contributed by atoms with Crippen molar-refractivity contribution < 1.29 is 13.6 Å². The first-order chi connectivity index (χ1) is 22.7. The second kappa shape index (κ2) is 12.5. The Hall–Kier alpha value is -4.48. The van der Waals surface area contributed by atoms with Gasteiger partial charge < -0.3 is 25.8 Å². The molecular formula is C34H34ClF2N9OS. The Morgan fingerprint density at radius 1 is 1.21 bits per heavy atom. The lowest BCUT2D eigenvalue weighted by Crippen LogP contribution is -2.67. The van der Waals surface area contributed by atoms with Crippen LogP contribution in [0.15, 0.2) is 36.5 Å². The number of hydrogen-bond donors (Lipinski definition) is 2. The summed E-state index contributed by atoms with van der Waals surface area (Å²) >= 11 is 7.75. The number of hydrogen-bond acceptors (Lipinski definition) is 10. The van der Waals surface area contributed by atoms with Gasteiger partial charge in [-0.05, 0) is 57.8 Å². The third kappa shape index (κ3) is 5.68. The van der Waals surface area contributed by atoms with E-state index >= 15 is 4.39 Å². The molecule has 4 heterocycles. The summed E-state index contributed by atoms with van der Waals surface area (Å²) in [5, 5.41) is 14.0. The predicted molar refractivity (Wildman–Crippen MR) is 186 cm³/mol. The molecule has 248 valence electrons. The molecule has 1 fully saturated rings. The maximum atomic E-state index is 16.9. The van der Waals surface area contributed by atoms with Crippen LogP contribution in [0.25, 0.3) is 32.1 Å². The maximum absolute atomic E-state index is 16.9. The number of nitriles is 1. The summed E-state index contributed by atoms with van der Waals surface area (Å²) in [4.78, 5) is 32.2. The van der Waals surface area contributed by atoms with Gasteiger partial charge in [-0.1, -0.05) is 17.7 Å². The van der Waals surface area contributed by atoms with Crippen molar-refractivity contribution in [2.75, 3.05) is 51.9 Å². The van der Waals surface area contributed by atoms with Crippen LogP contribution in [-0.4, -0.2) is 77.5 Å². The summed E-state index contributed by atoms with van der Waals surface area (Å²) in [5.41, 5.74) is 7.98. The average Bonchev–Trinajstić information content (AvgIpc) is 3.39. The van der Waals surface area contributed by atoms with Gasteiger partial charge in [0.1, 0.15) is 22.4 Å². The number of benzene rings is 2. The smallest absolute Gasteiger partial charge is 0.253 e. The van der Waals surface area contributed by atoms with Gasteiger partial charge >= 0.3 is 0 Å². The van der Waals surface area contributed by atoms with Crippen LogP contribution >= 0.6 is 22.9 Å². The molecule has 5 aromatic rings. The summed E-state index contributed by atoms with van der Waals surface area (Å²) in [7, 11) is 7.39. The van der Waals surface area contributed by atoms with E-state index in [-0.39, 0.29) is 66.3 Å². The number of aromatic nitrogens is 3. The molecule has 2 aromatic carbocycles. The lowest BCUT2D eigenvalue weighted by atomic mass is 9.91. The number of amides is 1. The first-order valence-corrected chi connectivity index (χ1v) is 16.4. The lowest BCUT2D eigenvalue weighted by molar-refractivity contribution is 0.0827. The third-order valence-corrected chi connectivity index (χ3v) is 10.4. The Morgan fingerprint density at radius 3 is 2.60 bits per heavy atom. The molecule has 1 atom stereocenters. The Kier molecular flexibility index (Phi) is 8.72. The molecule has 1 aliphatic heterocycles. The van der Waals surface area contributed by atoms with Crippen molar-refractivity contribution >= 4 is 60.8 Å². The van der Waals surface area contributed by atoms with Gasteiger partial charge in [-0.2, -0.15) is 5.26 Å². The molecule has 0 unspecified atom stereocenters. The van der Waals surface area contributed by atoms with Gasteiger partial charge in [-0.3, -0.25) is 9.78 Å². The van der Waals surface area contributed by atoms with Crippen LogP contribution in [0, 0.1) is 23.0 Å². The van der Waals surface area contributed by atoms with E-state index < -0.39 is 11.6 Å². The van der Waals surface area contributed by atoms with E-state index in [1.807, 2.05) is 32.0 Å². The number of nitrogen functional groups attached to an aromatic ring is 1. The molecule has 10 nitrogen and oxygen atoms in total. The normalized spacial score (nSPS) is 14.7. The predicted octanol–water partition coefficient (Wildman–Crippen LogP) is 5.98. The number of carbonyl (C=O) groups excluding carboxylic acids is 1. The minimum absolute atomic E-state index is 0.00583. The minimum Gasteiger partial charge on any atom is -0.389 e. The van der Waals surface area contributed by atoms with Crippen molar-refractivity contribution in [3.63, 3.8) is 0 Å². The molecule has 1 aliphatic rings. The van der Waals surface area contributed by atoms with Gasteiger partial charge in [-0.25, -0.2) is 18.7 Å². The largest absolute Gasteiger partial charge is 0.389 e. The van der Waals surface area contributed by atoms with Gasteiger partial charge in [0.25, 0.3) is 5.91 Å². The van der Waals surface area contributed by atoms with Crippen LogP contribution < -0.4 is 16.0 Å². The fourth-order valence-electron chi connectivity index (χ4n) is 5.91. The van der Waals surface area contributed by atoms with Crippen molar-refractivity contribution in [1.82, 2.24) is 30.1 Å². The van der Waals surface area contributed by atoms with Gasteiger partial charge in [-0.15, -0.1) is 11.3 Å². The van der Waals surface area contributed by atoms with E-state index in [4.69, 9.17) is 27.3 Å². The lowest BCUT2D eigenvalue weighted by Gasteiger charge is -2.51. The maximum Gasteiger partial charge on any atom is 0.253 e. The Balaban J connectivity index is 1.46. The summed E-state index contributed by atoms with van der Waals surface area (Å²) in [6, 6.07) is 9.37. The Bertz CT molecular complexity index is 2140. The molecule has 48 heavy (non-hydrogen) atoms. The fraction of sp³-hybridized carbons (Fsp3) is 0.324. The van der Waals surface area contributed by atoms with Gasteiger partial charge in [0.2, 0.25) is 5.95 Å². The number of halogens is 3. The second-order valence-corrected chi connectivity index (χ2v) is 14.1. The number of anilines is 2. The zero-order chi connectivity index (χ0) is 34.7. The van der Waals surface area contributed by atoms with Crippen LogP contribution in [0.3, 0.4) is 0 Å². The first kappa shape index (κ1) is 33.4. The number of nitrogens with one attached hydrogen (secondary N) is 1. The molecule has 0 aliphatic carbocycles. The van der Waals surface area contributed by atoms with E-state index in [1.54, 1.807) is 38.5 Å². The van der Waals surface area contributed by atoms with Gasteiger partial charge in [0, 0.05) is 67.9 Å². The van der Waals surface area contributed by atoms with Crippen molar-refractivity contribution in [3.8, 4) is 17.2 Å². The van der Waals surface area contributed by atoms with Crippen molar-refractivity contribution in [1.29, 1.82) is 5.26 Å². The Morgan fingerprint density at radius 2 is 1.94 bits per heavy atom. The van der Waals surface area contributed by atoms with Crippen LogP contribution in [0.4, 0.5) is 19.7 Å². The number of carbonyl (C=O) groups is 1.